The molecule has 1 heterocycles. The number of amides is 1. The highest BCUT2D eigenvalue weighted by Crippen LogP contribution is 2.16. The van der Waals surface area contributed by atoms with Crippen molar-refractivity contribution in [2.24, 2.45) is 0 Å². The van der Waals surface area contributed by atoms with Crippen LogP contribution in [0.25, 0.3) is 0 Å². The van der Waals surface area contributed by atoms with E-state index >= 15 is 0 Å². The Morgan fingerprint density at radius 2 is 1.96 bits per heavy atom. The summed E-state index contributed by atoms with van der Waals surface area (Å²) in [7, 11) is 0. The van der Waals surface area contributed by atoms with Crippen LogP contribution in [0.4, 0.5) is 5.69 Å². The van der Waals surface area contributed by atoms with Gasteiger partial charge in [-0.05, 0) is 71.5 Å². The molecule has 8 heteroatoms. The lowest BCUT2D eigenvalue weighted by molar-refractivity contribution is 0.0949. The number of hydrogen-bond donors (Lipinski definition) is 2. The number of benzene rings is 1. The predicted octanol–water partition coefficient (Wildman–Crippen LogP) is 3.58. The third-order valence-electron chi connectivity index (χ3n) is 2.84. The number of thiocarbonyl (C=S) groups is 1. The van der Waals surface area contributed by atoms with Crippen LogP contribution in [0.1, 0.15) is 17.5 Å². The summed E-state index contributed by atoms with van der Waals surface area (Å²) in [4.78, 5) is 11.9. The van der Waals surface area contributed by atoms with Gasteiger partial charge in [-0.2, -0.15) is 0 Å². The fourth-order valence-corrected chi connectivity index (χ4v) is 2.28. The standard InChI is InChI=1S/C16H17BrN2O4S/c1-2-21-9-10-22-12-5-3-11(4-6-12)18-16(24)19-15(20)13-7-8-14(17)23-13/h3-8H,2,9-10H2,1H3,(H2,18,19,20,24). The smallest absolute Gasteiger partial charge is 0.293 e. The molecule has 1 aromatic heterocycles. The minimum Gasteiger partial charge on any atom is -0.491 e. The fraction of sp³-hybridized carbons (Fsp3) is 0.250. The summed E-state index contributed by atoms with van der Waals surface area (Å²) in [5.41, 5.74) is 0.734. The van der Waals surface area contributed by atoms with Crippen molar-refractivity contribution in [2.75, 3.05) is 25.1 Å². The Balaban J connectivity index is 1.80. The minimum absolute atomic E-state index is 0.170. The number of nitrogens with one attached hydrogen (secondary N) is 2. The van der Waals surface area contributed by atoms with Crippen molar-refractivity contribution in [3.8, 4) is 5.75 Å². The molecule has 0 spiro atoms. The molecule has 0 aliphatic carbocycles. The zero-order valence-electron chi connectivity index (χ0n) is 13.0. The molecule has 2 aromatic rings. The van der Waals surface area contributed by atoms with Crippen LogP contribution >= 0.6 is 28.1 Å². The van der Waals surface area contributed by atoms with Gasteiger partial charge in [-0.3, -0.25) is 10.1 Å². The van der Waals surface area contributed by atoms with E-state index in [-0.39, 0.29) is 10.9 Å². The van der Waals surface area contributed by atoms with E-state index in [2.05, 4.69) is 26.6 Å². The van der Waals surface area contributed by atoms with E-state index in [1.54, 1.807) is 24.3 Å². The number of carbonyl (C=O) groups is 1. The van der Waals surface area contributed by atoms with E-state index in [0.29, 0.717) is 24.5 Å². The third kappa shape index (κ3) is 5.95. The van der Waals surface area contributed by atoms with Gasteiger partial charge in [0.05, 0.1) is 6.61 Å². The Morgan fingerprint density at radius 3 is 2.58 bits per heavy atom. The molecule has 0 aliphatic rings. The Morgan fingerprint density at radius 1 is 1.21 bits per heavy atom. The highest BCUT2D eigenvalue weighted by atomic mass is 79.9. The van der Waals surface area contributed by atoms with Crippen LogP contribution in [0, 0.1) is 0 Å². The van der Waals surface area contributed by atoms with Crippen LogP contribution in [-0.2, 0) is 4.74 Å². The fourth-order valence-electron chi connectivity index (χ4n) is 1.76. The molecule has 0 unspecified atom stereocenters. The summed E-state index contributed by atoms with van der Waals surface area (Å²) in [6.07, 6.45) is 0. The number of furan rings is 1. The van der Waals surface area contributed by atoms with E-state index in [1.807, 2.05) is 19.1 Å². The molecule has 0 atom stereocenters. The van der Waals surface area contributed by atoms with E-state index in [0.717, 1.165) is 11.4 Å². The van der Waals surface area contributed by atoms with E-state index in [4.69, 9.17) is 26.1 Å². The molecule has 0 bridgehead atoms. The van der Waals surface area contributed by atoms with Gasteiger partial charge in [0.2, 0.25) is 0 Å². The number of hydrogen-bond acceptors (Lipinski definition) is 5. The molecular weight excluding hydrogens is 396 g/mol. The van der Waals surface area contributed by atoms with E-state index < -0.39 is 5.91 Å². The van der Waals surface area contributed by atoms with Crippen LogP contribution in [-0.4, -0.2) is 30.8 Å². The van der Waals surface area contributed by atoms with Gasteiger partial charge in [-0.25, -0.2) is 0 Å². The van der Waals surface area contributed by atoms with Gasteiger partial charge in [0.15, 0.2) is 15.5 Å². The van der Waals surface area contributed by atoms with Gasteiger partial charge < -0.3 is 19.2 Å². The summed E-state index contributed by atoms with van der Waals surface area (Å²) < 4.78 is 16.4. The molecule has 2 N–H and O–H groups in total. The quantitative estimate of drug-likeness (QED) is 0.534. The first kappa shape index (κ1) is 18.4. The topological polar surface area (TPSA) is 72.7 Å². The normalized spacial score (nSPS) is 10.2. The lowest BCUT2D eigenvalue weighted by Crippen LogP contribution is -2.33. The molecular formula is C16H17BrN2O4S. The molecule has 1 amide bonds. The Bertz CT molecular complexity index is 688. The van der Waals surface area contributed by atoms with Crippen molar-refractivity contribution < 1.29 is 18.7 Å². The zero-order chi connectivity index (χ0) is 17.4. The highest BCUT2D eigenvalue weighted by molar-refractivity contribution is 9.10. The molecule has 2 rings (SSSR count). The minimum atomic E-state index is -0.422. The van der Waals surface area contributed by atoms with Gasteiger partial charge in [-0.1, -0.05) is 0 Å². The van der Waals surface area contributed by atoms with Crippen molar-refractivity contribution in [2.45, 2.75) is 6.92 Å². The Hall–Kier alpha value is -1.90. The van der Waals surface area contributed by atoms with Gasteiger partial charge in [0.25, 0.3) is 5.91 Å². The second kappa shape index (κ2) is 9.41. The zero-order valence-corrected chi connectivity index (χ0v) is 15.4. The Labute approximate surface area is 153 Å². The average Bonchev–Trinajstić information content (AvgIpc) is 3.00. The molecule has 0 saturated heterocycles. The van der Waals surface area contributed by atoms with Gasteiger partial charge in [0.1, 0.15) is 12.4 Å². The number of carbonyl (C=O) groups excluding carboxylic acids is 1. The number of anilines is 1. The van der Waals surface area contributed by atoms with Crippen LogP contribution in [0.3, 0.4) is 0 Å². The SMILES string of the molecule is CCOCCOc1ccc(NC(=S)NC(=O)c2ccc(Br)o2)cc1. The molecule has 1 aromatic carbocycles. The molecule has 0 aliphatic heterocycles. The van der Waals surface area contributed by atoms with Crippen molar-refractivity contribution in [1.29, 1.82) is 0 Å². The van der Waals surface area contributed by atoms with Crippen LogP contribution in [0.2, 0.25) is 0 Å². The summed E-state index contributed by atoms with van der Waals surface area (Å²) in [6, 6.07) is 10.4. The van der Waals surface area contributed by atoms with Crippen molar-refractivity contribution in [1.82, 2.24) is 5.32 Å². The van der Waals surface area contributed by atoms with Crippen LogP contribution < -0.4 is 15.4 Å². The van der Waals surface area contributed by atoms with Crippen LogP contribution in [0.15, 0.2) is 45.5 Å². The lowest BCUT2D eigenvalue weighted by atomic mass is 10.3. The number of halogens is 1. The average molecular weight is 413 g/mol. The summed E-state index contributed by atoms with van der Waals surface area (Å²) in [5.74, 6) is 0.480. The largest absolute Gasteiger partial charge is 0.491 e. The van der Waals surface area contributed by atoms with Gasteiger partial charge in [0, 0.05) is 12.3 Å². The highest BCUT2D eigenvalue weighted by Gasteiger charge is 2.12. The first-order valence-corrected chi connectivity index (χ1v) is 8.47. The van der Waals surface area contributed by atoms with Gasteiger partial charge >= 0.3 is 0 Å². The van der Waals surface area contributed by atoms with Crippen molar-refractivity contribution >= 4 is 44.9 Å². The second-order valence-corrected chi connectivity index (χ2v) is 5.77. The first-order chi connectivity index (χ1) is 11.6. The monoisotopic (exact) mass is 412 g/mol. The Kier molecular flexibility index (Phi) is 7.23. The maximum Gasteiger partial charge on any atom is 0.293 e. The molecule has 0 radical (unpaired) electrons. The summed E-state index contributed by atoms with van der Waals surface area (Å²) in [5, 5.41) is 5.64. The molecule has 0 saturated carbocycles. The lowest BCUT2D eigenvalue weighted by Gasteiger charge is -2.10. The second-order valence-electron chi connectivity index (χ2n) is 4.58. The molecule has 0 fully saturated rings. The van der Waals surface area contributed by atoms with Crippen molar-refractivity contribution in [3.05, 3.63) is 46.8 Å². The maximum absolute atomic E-state index is 11.9. The number of rotatable bonds is 7. The van der Waals surface area contributed by atoms with Crippen molar-refractivity contribution in [3.63, 3.8) is 0 Å². The number of ether oxygens (including phenoxy) is 2. The molecule has 24 heavy (non-hydrogen) atoms. The van der Waals surface area contributed by atoms with Gasteiger partial charge in [-0.15, -0.1) is 0 Å². The first-order valence-electron chi connectivity index (χ1n) is 7.26. The molecule has 6 nitrogen and oxygen atoms in total. The third-order valence-corrected chi connectivity index (χ3v) is 3.47. The maximum atomic E-state index is 11.9. The van der Waals surface area contributed by atoms with E-state index in [9.17, 15) is 4.79 Å². The predicted molar refractivity (Wildman–Crippen MR) is 98.5 cm³/mol. The van der Waals surface area contributed by atoms with E-state index in [1.165, 1.54) is 0 Å². The summed E-state index contributed by atoms with van der Waals surface area (Å²) >= 11 is 8.25. The summed E-state index contributed by atoms with van der Waals surface area (Å²) in [6.45, 7) is 3.65. The van der Waals surface area contributed by atoms with Crippen LogP contribution in [0.5, 0.6) is 5.75 Å². The molecule has 128 valence electrons.